The molecule has 0 saturated carbocycles. The van der Waals surface area contributed by atoms with E-state index in [1.54, 1.807) is 19.8 Å². The molecule has 188 valence electrons. The lowest BCUT2D eigenvalue weighted by atomic mass is 9.93. The Morgan fingerprint density at radius 2 is 1.80 bits per heavy atom. The molecule has 0 unspecified atom stereocenters. The number of aliphatic hydroxyl groups is 1. The topological polar surface area (TPSA) is 81.9 Å². The highest BCUT2D eigenvalue weighted by atomic mass is 35.5. The van der Waals surface area contributed by atoms with Crippen LogP contribution in [-0.4, -0.2) is 63.8 Å². The molecule has 1 aliphatic heterocycles. The Morgan fingerprint density at radius 3 is 2.51 bits per heavy atom. The zero-order valence-corrected chi connectivity index (χ0v) is 21.3. The lowest BCUT2D eigenvalue weighted by Crippen LogP contribution is -2.51. The Morgan fingerprint density at radius 1 is 1.06 bits per heavy atom. The second-order valence-corrected chi connectivity index (χ2v) is 9.61. The fraction of sp³-hybridized carbons (Fsp3) is 0.462. The lowest BCUT2D eigenvalue weighted by Gasteiger charge is -2.39. The number of benzene rings is 2. The number of hydrogen-bond donors (Lipinski definition) is 1. The van der Waals surface area contributed by atoms with Gasteiger partial charge in [-0.05, 0) is 74.2 Å². The van der Waals surface area contributed by atoms with Gasteiger partial charge >= 0.3 is 0 Å². The summed E-state index contributed by atoms with van der Waals surface area (Å²) >= 11 is 6.27. The molecule has 4 rings (SSSR count). The monoisotopic (exact) mass is 500 g/mol. The van der Waals surface area contributed by atoms with Crippen molar-refractivity contribution in [2.75, 3.05) is 33.4 Å². The first-order chi connectivity index (χ1) is 16.8. The molecule has 3 aromatic rings. The summed E-state index contributed by atoms with van der Waals surface area (Å²) < 4.78 is 19.3. The highest BCUT2D eigenvalue weighted by Crippen LogP contribution is 2.31. The molecule has 1 aliphatic rings. The number of rotatable bonds is 10. The number of halogens is 1. The van der Waals surface area contributed by atoms with Crippen LogP contribution >= 0.6 is 11.6 Å². The number of ether oxygens (including phenoxy) is 3. The van der Waals surface area contributed by atoms with E-state index in [-0.39, 0.29) is 6.61 Å². The third kappa shape index (κ3) is 6.66. The van der Waals surface area contributed by atoms with Crippen LogP contribution in [0.1, 0.15) is 29.5 Å². The molecule has 2 aromatic carbocycles. The molecule has 35 heavy (non-hydrogen) atoms. The molecule has 8 nitrogen and oxygen atoms in total. The summed E-state index contributed by atoms with van der Waals surface area (Å²) in [5, 5.41) is 19.6. The Bertz CT molecular complexity index is 1100. The van der Waals surface area contributed by atoms with E-state index in [4.69, 9.17) is 25.8 Å². The van der Waals surface area contributed by atoms with E-state index in [2.05, 4.69) is 15.1 Å². The summed E-state index contributed by atoms with van der Waals surface area (Å²) in [5.41, 5.74) is 2.13. The zero-order valence-electron chi connectivity index (χ0n) is 20.5. The van der Waals surface area contributed by atoms with E-state index in [0.717, 1.165) is 40.4 Å². The van der Waals surface area contributed by atoms with Crippen molar-refractivity contribution in [2.24, 2.45) is 0 Å². The summed E-state index contributed by atoms with van der Waals surface area (Å²) in [6.07, 6.45) is 4.92. The predicted octanol–water partition coefficient (Wildman–Crippen LogP) is 4.04. The van der Waals surface area contributed by atoms with Gasteiger partial charge in [-0.2, -0.15) is 0 Å². The van der Waals surface area contributed by atoms with Crippen molar-refractivity contribution in [3.63, 3.8) is 0 Å². The van der Waals surface area contributed by atoms with Crippen LogP contribution < -0.4 is 14.2 Å². The predicted molar refractivity (Wildman–Crippen MR) is 134 cm³/mol. The van der Waals surface area contributed by atoms with Crippen molar-refractivity contribution in [3.05, 3.63) is 64.7 Å². The smallest absolute Gasteiger partial charge is 0.161 e. The van der Waals surface area contributed by atoms with Gasteiger partial charge in [0.2, 0.25) is 0 Å². The molecular formula is C26H33ClN4O4. The Labute approximate surface area is 211 Å². The van der Waals surface area contributed by atoms with Crippen LogP contribution in [0.15, 0.2) is 43.0 Å². The first-order valence-corrected chi connectivity index (χ1v) is 12.2. The third-order valence-electron chi connectivity index (χ3n) is 6.26. The fourth-order valence-corrected chi connectivity index (χ4v) is 4.56. The molecule has 2 heterocycles. The largest absolute Gasteiger partial charge is 0.493 e. The minimum absolute atomic E-state index is 0.240. The standard InChI is InChI=1S/C26H33ClN4O4/c1-19-11-22(12-20(2)25(19)27)35-16-26(32)7-4-8-30(15-26)14-21-5-6-23(33-3)24(13-21)34-10-9-31-17-28-29-18-31/h5-6,11-13,17-18,32H,4,7-10,14-16H2,1-3H3/t26-/m0/s1. The summed E-state index contributed by atoms with van der Waals surface area (Å²) in [6, 6.07) is 9.81. The SMILES string of the molecule is COc1ccc(CN2CCC[C@@](O)(COc3cc(C)c(Cl)c(C)c3)C2)cc1OCCn1cnnc1. The minimum Gasteiger partial charge on any atom is -0.493 e. The number of methoxy groups -OCH3 is 1. The minimum atomic E-state index is -0.912. The highest BCUT2D eigenvalue weighted by Gasteiger charge is 2.34. The van der Waals surface area contributed by atoms with Crippen LogP contribution in [0.5, 0.6) is 17.2 Å². The van der Waals surface area contributed by atoms with Crippen LogP contribution in [0.4, 0.5) is 0 Å². The number of piperidine rings is 1. The molecule has 1 aromatic heterocycles. The maximum Gasteiger partial charge on any atom is 0.161 e. The van der Waals surface area contributed by atoms with Crippen LogP contribution in [0.3, 0.4) is 0 Å². The van der Waals surface area contributed by atoms with Gasteiger partial charge in [-0.3, -0.25) is 4.90 Å². The summed E-state index contributed by atoms with van der Waals surface area (Å²) in [6.45, 7) is 7.43. The van der Waals surface area contributed by atoms with Crippen LogP contribution in [0.2, 0.25) is 5.02 Å². The number of hydrogen-bond acceptors (Lipinski definition) is 7. The van der Waals surface area contributed by atoms with E-state index in [9.17, 15) is 5.11 Å². The summed E-state index contributed by atoms with van der Waals surface area (Å²) in [4.78, 5) is 2.26. The first-order valence-electron chi connectivity index (χ1n) is 11.8. The Kier molecular flexibility index (Phi) is 8.15. The van der Waals surface area contributed by atoms with Gasteiger partial charge in [-0.1, -0.05) is 17.7 Å². The molecule has 9 heteroatoms. The average Bonchev–Trinajstić information content (AvgIpc) is 3.35. The number of aryl methyl sites for hydroxylation is 2. The van der Waals surface area contributed by atoms with Crippen molar-refractivity contribution in [2.45, 2.75) is 45.4 Å². The van der Waals surface area contributed by atoms with Gasteiger partial charge < -0.3 is 23.9 Å². The normalized spacial score (nSPS) is 18.4. The third-order valence-corrected chi connectivity index (χ3v) is 6.86. The van der Waals surface area contributed by atoms with Gasteiger partial charge in [-0.25, -0.2) is 0 Å². The van der Waals surface area contributed by atoms with Gasteiger partial charge in [0.05, 0.1) is 13.7 Å². The molecular weight excluding hydrogens is 468 g/mol. The van der Waals surface area contributed by atoms with E-state index >= 15 is 0 Å². The van der Waals surface area contributed by atoms with E-state index in [1.807, 2.05) is 48.7 Å². The van der Waals surface area contributed by atoms with E-state index < -0.39 is 5.60 Å². The second kappa shape index (κ2) is 11.3. The van der Waals surface area contributed by atoms with Crippen molar-refractivity contribution >= 4 is 11.6 Å². The second-order valence-electron chi connectivity index (χ2n) is 9.23. The molecule has 1 N–H and O–H groups in total. The highest BCUT2D eigenvalue weighted by molar-refractivity contribution is 6.32. The Balaban J connectivity index is 1.36. The average molecular weight is 501 g/mol. The van der Waals surface area contributed by atoms with Crippen molar-refractivity contribution in [1.29, 1.82) is 0 Å². The first kappa shape index (κ1) is 25.3. The lowest BCUT2D eigenvalue weighted by molar-refractivity contribution is -0.0621. The molecule has 0 spiro atoms. The number of nitrogens with zero attached hydrogens (tertiary/aromatic N) is 4. The molecule has 0 bridgehead atoms. The number of aromatic nitrogens is 3. The maximum absolute atomic E-state index is 11.3. The quantitative estimate of drug-likeness (QED) is 0.450. The van der Waals surface area contributed by atoms with Gasteiger partial charge in [0, 0.05) is 18.1 Å². The van der Waals surface area contributed by atoms with Gasteiger partial charge in [-0.15, -0.1) is 10.2 Å². The van der Waals surface area contributed by atoms with Gasteiger partial charge in [0.1, 0.15) is 37.2 Å². The number of β-amino-alcohol motifs (C(OH)–C–C–N with tert-alkyl or cyclic N) is 1. The summed E-state index contributed by atoms with van der Waals surface area (Å²) in [7, 11) is 1.63. The molecule has 0 aliphatic carbocycles. The zero-order chi connectivity index (χ0) is 24.8. The van der Waals surface area contributed by atoms with E-state index in [1.165, 1.54) is 0 Å². The molecule has 1 atom stereocenters. The summed E-state index contributed by atoms with van der Waals surface area (Å²) in [5.74, 6) is 2.12. The fourth-order valence-electron chi connectivity index (χ4n) is 4.46. The van der Waals surface area contributed by atoms with Crippen LogP contribution in [-0.2, 0) is 13.1 Å². The maximum atomic E-state index is 11.3. The van der Waals surface area contributed by atoms with E-state index in [0.29, 0.717) is 44.2 Å². The van der Waals surface area contributed by atoms with Crippen molar-refractivity contribution in [3.8, 4) is 17.2 Å². The van der Waals surface area contributed by atoms with Crippen molar-refractivity contribution < 1.29 is 19.3 Å². The van der Waals surface area contributed by atoms with Gasteiger partial charge in [0.25, 0.3) is 0 Å². The van der Waals surface area contributed by atoms with Crippen molar-refractivity contribution in [1.82, 2.24) is 19.7 Å². The molecule has 1 fully saturated rings. The molecule has 1 saturated heterocycles. The molecule has 0 radical (unpaired) electrons. The molecule has 0 amide bonds. The van der Waals surface area contributed by atoms with Crippen LogP contribution in [0, 0.1) is 13.8 Å². The number of likely N-dealkylation sites (tertiary alicyclic amines) is 1. The van der Waals surface area contributed by atoms with Gasteiger partial charge in [0.15, 0.2) is 11.5 Å². The van der Waals surface area contributed by atoms with Crippen LogP contribution in [0.25, 0.3) is 0 Å². The Hall–Kier alpha value is -2.81.